The summed E-state index contributed by atoms with van der Waals surface area (Å²) < 4.78 is 0. The fourth-order valence-electron chi connectivity index (χ4n) is 0.336. The van der Waals surface area contributed by atoms with E-state index in [9.17, 15) is 4.91 Å². The third-order valence-electron chi connectivity index (χ3n) is 0.871. The zero-order valence-electron chi connectivity index (χ0n) is 3.29. The second-order valence-corrected chi connectivity index (χ2v) is 1.34. The molecule has 0 heterocycles. The van der Waals surface area contributed by atoms with Crippen LogP contribution < -0.4 is 0 Å². The zero-order chi connectivity index (χ0) is 4.41. The highest BCUT2D eigenvalue weighted by Crippen LogP contribution is 2.09. The summed E-state index contributed by atoms with van der Waals surface area (Å²) in [6.45, 7) is 0. The van der Waals surface area contributed by atoms with Gasteiger partial charge in [0.2, 0.25) is 0 Å². The van der Waals surface area contributed by atoms with E-state index in [4.69, 9.17) is 0 Å². The highest BCUT2D eigenvalue weighted by atomic mass is 16.3. The van der Waals surface area contributed by atoms with Crippen molar-refractivity contribution < 1.29 is 0 Å². The summed E-state index contributed by atoms with van der Waals surface area (Å²) in [6.07, 6.45) is 4.59. The van der Waals surface area contributed by atoms with Gasteiger partial charge in [-0.3, -0.25) is 0 Å². The van der Waals surface area contributed by atoms with E-state index in [1.165, 1.54) is 0 Å². The number of hydrogen-bond acceptors (Lipinski definition) is 2. The molecule has 0 N–H and O–H groups in total. The molecular weight excluding hydrogens is 78.0 g/mol. The molecule has 2 heteroatoms. The molecule has 1 aliphatic rings. The van der Waals surface area contributed by atoms with Gasteiger partial charge in [-0.25, -0.2) is 0 Å². The molecular formula is C4H5NO. The number of rotatable bonds is 1. The molecule has 0 aliphatic heterocycles. The second kappa shape index (κ2) is 1.20. The van der Waals surface area contributed by atoms with Crippen molar-refractivity contribution in [3.05, 3.63) is 17.1 Å². The molecule has 1 rings (SSSR count). The maximum Gasteiger partial charge on any atom is 0.113 e. The molecule has 0 bridgehead atoms. The summed E-state index contributed by atoms with van der Waals surface area (Å²) in [4.78, 5) is 9.49. The Bertz CT molecular complexity index is 87.5. The lowest BCUT2D eigenvalue weighted by Crippen LogP contribution is -2.03. The first-order chi connectivity index (χ1) is 2.93. The van der Waals surface area contributed by atoms with E-state index in [1.54, 1.807) is 6.08 Å². The third-order valence-corrected chi connectivity index (χ3v) is 0.871. The van der Waals surface area contributed by atoms with Crippen LogP contribution in [0.3, 0.4) is 0 Å². The van der Waals surface area contributed by atoms with Crippen LogP contribution in [0.5, 0.6) is 0 Å². The van der Waals surface area contributed by atoms with Crippen LogP contribution in [-0.2, 0) is 0 Å². The fraction of sp³-hybridized carbons (Fsp3) is 0.500. The smallest absolute Gasteiger partial charge is 0.113 e. The summed E-state index contributed by atoms with van der Waals surface area (Å²) in [7, 11) is 0. The summed E-state index contributed by atoms with van der Waals surface area (Å²) in [6, 6.07) is 0.00463. The molecule has 0 aromatic carbocycles. The summed E-state index contributed by atoms with van der Waals surface area (Å²) >= 11 is 0. The summed E-state index contributed by atoms with van der Waals surface area (Å²) in [5.41, 5.74) is 0. The van der Waals surface area contributed by atoms with Crippen molar-refractivity contribution in [2.75, 3.05) is 0 Å². The molecule has 6 heavy (non-hydrogen) atoms. The van der Waals surface area contributed by atoms with Gasteiger partial charge in [-0.1, -0.05) is 17.3 Å². The van der Waals surface area contributed by atoms with Crippen molar-refractivity contribution in [3.63, 3.8) is 0 Å². The van der Waals surface area contributed by atoms with E-state index in [0.29, 0.717) is 0 Å². The maximum absolute atomic E-state index is 9.49. The molecule has 0 spiro atoms. The molecule has 1 aliphatic carbocycles. The van der Waals surface area contributed by atoms with Crippen molar-refractivity contribution in [1.82, 2.24) is 0 Å². The van der Waals surface area contributed by atoms with Crippen LogP contribution in [0.25, 0.3) is 0 Å². The predicted octanol–water partition coefficient (Wildman–Crippen LogP) is 1.08. The Morgan fingerprint density at radius 1 is 1.83 bits per heavy atom. The Kier molecular flexibility index (Phi) is 0.708. The minimum absolute atomic E-state index is 0.00463. The van der Waals surface area contributed by atoms with Crippen LogP contribution in [0.4, 0.5) is 0 Å². The topological polar surface area (TPSA) is 29.4 Å². The average Bonchev–Trinajstić information content (AvgIpc) is 1.31. The SMILES string of the molecule is O=N[C@@H]1C=CC1. The molecule has 0 saturated heterocycles. The number of nitroso groups, excluding NO2 is 1. The Balaban J connectivity index is 2.39. The molecule has 0 fully saturated rings. The van der Waals surface area contributed by atoms with Crippen LogP contribution in [0.15, 0.2) is 17.3 Å². The van der Waals surface area contributed by atoms with Gasteiger partial charge in [-0.05, 0) is 6.42 Å². The van der Waals surface area contributed by atoms with E-state index in [2.05, 4.69) is 5.18 Å². The van der Waals surface area contributed by atoms with Crippen LogP contribution in [-0.4, -0.2) is 6.04 Å². The van der Waals surface area contributed by atoms with Crippen LogP contribution in [0.2, 0.25) is 0 Å². The fourth-order valence-corrected chi connectivity index (χ4v) is 0.336. The van der Waals surface area contributed by atoms with Crippen molar-refractivity contribution in [2.24, 2.45) is 5.18 Å². The lowest BCUT2D eigenvalue weighted by atomic mass is 10.1. The first-order valence-corrected chi connectivity index (χ1v) is 1.92. The predicted molar refractivity (Wildman–Crippen MR) is 23.3 cm³/mol. The van der Waals surface area contributed by atoms with Gasteiger partial charge in [0.05, 0.1) is 0 Å². The molecule has 0 unspecified atom stereocenters. The Morgan fingerprint density at radius 2 is 2.50 bits per heavy atom. The van der Waals surface area contributed by atoms with E-state index in [0.717, 1.165) is 6.42 Å². The van der Waals surface area contributed by atoms with E-state index in [1.807, 2.05) is 6.08 Å². The highest BCUT2D eigenvalue weighted by Gasteiger charge is 2.06. The molecule has 32 valence electrons. The van der Waals surface area contributed by atoms with Crippen molar-refractivity contribution in [1.29, 1.82) is 0 Å². The lowest BCUT2D eigenvalue weighted by molar-refractivity contribution is 0.766. The molecule has 0 saturated carbocycles. The van der Waals surface area contributed by atoms with Gasteiger partial charge in [0.1, 0.15) is 6.04 Å². The second-order valence-electron chi connectivity index (χ2n) is 1.34. The minimum Gasteiger partial charge on any atom is -0.150 e. The molecule has 0 aromatic heterocycles. The summed E-state index contributed by atoms with van der Waals surface area (Å²) in [5.74, 6) is 0. The molecule has 0 aromatic rings. The largest absolute Gasteiger partial charge is 0.150 e. The molecule has 0 amide bonds. The van der Waals surface area contributed by atoms with Crippen LogP contribution in [0, 0.1) is 4.91 Å². The van der Waals surface area contributed by atoms with Gasteiger partial charge in [-0.2, -0.15) is 4.91 Å². The van der Waals surface area contributed by atoms with Gasteiger partial charge in [-0.15, -0.1) is 0 Å². The lowest BCUT2D eigenvalue weighted by Gasteiger charge is -2.05. The van der Waals surface area contributed by atoms with Gasteiger partial charge in [0.25, 0.3) is 0 Å². The monoisotopic (exact) mass is 83.0 g/mol. The molecule has 2 nitrogen and oxygen atoms in total. The third kappa shape index (κ3) is 0.339. The molecule has 0 radical (unpaired) electrons. The maximum atomic E-state index is 9.49. The van der Waals surface area contributed by atoms with Crippen molar-refractivity contribution in [2.45, 2.75) is 12.5 Å². The summed E-state index contributed by atoms with van der Waals surface area (Å²) in [5, 5.41) is 2.76. The normalized spacial score (nSPS) is 29.0. The van der Waals surface area contributed by atoms with Crippen molar-refractivity contribution >= 4 is 0 Å². The average molecular weight is 83.1 g/mol. The van der Waals surface area contributed by atoms with Crippen LogP contribution >= 0.6 is 0 Å². The van der Waals surface area contributed by atoms with Gasteiger partial charge < -0.3 is 0 Å². The van der Waals surface area contributed by atoms with Gasteiger partial charge in [0, 0.05) is 0 Å². The van der Waals surface area contributed by atoms with E-state index < -0.39 is 0 Å². The first kappa shape index (κ1) is 3.53. The quantitative estimate of drug-likeness (QED) is 0.344. The Morgan fingerprint density at radius 3 is 2.50 bits per heavy atom. The molecule has 1 atom stereocenters. The van der Waals surface area contributed by atoms with Gasteiger partial charge >= 0.3 is 0 Å². The first-order valence-electron chi connectivity index (χ1n) is 1.92. The standard InChI is InChI=1S/C4H5NO/c6-5-4-2-1-3-4/h1-2,4H,3H2/t4-/m1/s1. The van der Waals surface area contributed by atoms with E-state index >= 15 is 0 Å². The van der Waals surface area contributed by atoms with E-state index in [-0.39, 0.29) is 6.04 Å². The Hall–Kier alpha value is -0.660. The number of nitrogens with zero attached hydrogens (tertiary/aromatic N) is 1. The highest BCUT2D eigenvalue weighted by molar-refractivity contribution is 5.06. The Labute approximate surface area is 35.8 Å². The van der Waals surface area contributed by atoms with Crippen LogP contribution in [0.1, 0.15) is 6.42 Å². The minimum atomic E-state index is 0.00463. The van der Waals surface area contributed by atoms with Crippen molar-refractivity contribution in [3.8, 4) is 0 Å². The van der Waals surface area contributed by atoms with Gasteiger partial charge in [0.15, 0.2) is 0 Å². The zero-order valence-corrected chi connectivity index (χ0v) is 3.29. The number of hydrogen-bond donors (Lipinski definition) is 0.